The van der Waals surface area contributed by atoms with E-state index in [1.165, 1.54) is 12.1 Å². The molecule has 2 aromatic rings. The van der Waals surface area contributed by atoms with Crippen LogP contribution in [0.4, 0.5) is 10.1 Å². The Bertz CT molecular complexity index is 784. The van der Waals surface area contributed by atoms with Crippen molar-refractivity contribution in [3.8, 4) is 5.75 Å². The third-order valence-corrected chi connectivity index (χ3v) is 4.41. The highest BCUT2D eigenvalue weighted by Crippen LogP contribution is 2.47. The molecule has 6 heteroatoms. The Kier molecular flexibility index (Phi) is 5.21. The minimum Gasteiger partial charge on any atom is -0.494 e. The maximum atomic E-state index is 12.9. The van der Waals surface area contributed by atoms with E-state index in [1.807, 2.05) is 6.92 Å². The van der Waals surface area contributed by atoms with E-state index in [0.717, 1.165) is 11.3 Å². The summed E-state index contributed by atoms with van der Waals surface area (Å²) >= 11 is 0. The molecule has 136 valence electrons. The second kappa shape index (κ2) is 7.56. The molecule has 5 nitrogen and oxygen atoms in total. The van der Waals surface area contributed by atoms with Crippen molar-refractivity contribution >= 4 is 17.5 Å². The summed E-state index contributed by atoms with van der Waals surface area (Å²) in [6.45, 7) is 2.73. The number of anilines is 1. The van der Waals surface area contributed by atoms with Crippen LogP contribution in [0, 0.1) is 11.2 Å². The first-order valence-corrected chi connectivity index (χ1v) is 8.60. The van der Waals surface area contributed by atoms with Crippen LogP contribution >= 0.6 is 0 Å². The van der Waals surface area contributed by atoms with Crippen molar-refractivity contribution in [2.75, 3.05) is 11.9 Å². The molecule has 0 heterocycles. The van der Waals surface area contributed by atoms with Crippen LogP contribution in [-0.2, 0) is 16.1 Å². The molecule has 2 N–H and O–H groups in total. The quantitative estimate of drug-likeness (QED) is 0.749. The molecule has 0 atom stereocenters. The summed E-state index contributed by atoms with van der Waals surface area (Å²) in [6.07, 6.45) is 1.04. The fourth-order valence-corrected chi connectivity index (χ4v) is 2.69. The average molecular weight is 356 g/mol. The van der Waals surface area contributed by atoms with Gasteiger partial charge in [-0.05, 0) is 61.7 Å². The van der Waals surface area contributed by atoms with Gasteiger partial charge in [0.2, 0.25) is 11.8 Å². The molecular formula is C20H21FN2O3. The van der Waals surface area contributed by atoms with E-state index in [9.17, 15) is 14.0 Å². The van der Waals surface area contributed by atoms with Gasteiger partial charge in [0.25, 0.3) is 0 Å². The predicted molar refractivity (Wildman–Crippen MR) is 96.2 cm³/mol. The Morgan fingerprint density at radius 3 is 2.27 bits per heavy atom. The fourth-order valence-electron chi connectivity index (χ4n) is 2.69. The summed E-state index contributed by atoms with van der Waals surface area (Å²) in [5, 5.41) is 5.57. The second-order valence-electron chi connectivity index (χ2n) is 6.30. The summed E-state index contributed by atoms with van der Waals surface area (Å²) in [5.74, 6) is -0.208. The Hall–Kier alpha value is -2.89. The van der Waals surface area contributed by atoms with Crippen molar-refractivity contribution in [1.82, 2.24) is 5.32 Å². The lowest BCUT2D eigenvalue weighted by Crippen LogP contribution is -2.39. The van der Waals surface area contributed by atoms with Gasteiger partial charge in [-0.3, -0.25) is 9.59 Å². The van der Waals surface area contributed by atoms with E-state index < -0.39 is 5.41 Å². The molecule has 3 rings (SSSR count). The Labute approximate surface area is 151 Å². The Morgan fingerprint density at radius 2 is 1.69 bits per heavy atom. The zero-order valence-electron chi connectivity index (χ0n) is 14.5. The van der Waals surface area contributed by atoms with Gasteiger partial charge >= 0.3 is 0 Å². The number of halogens is 1. The third kappa shape index (κ3) is 4.02. The predicted octanol–water partition coefficient (Wildman–Crippen LogP) is 3.26. The van der Waals surface area contributed by atoms with Gasteiger partial charge in [0.15, 0.2) is 0 Å². The molecule has 0 saturated heterocycles. The van der Waals surface area contributed by atoms with Crippen molar-refractivity contribution in [3.05, 3.63) is 59.9 Å². The minimum atomic E-state index is -1.02. The van der Waals surface area contributed by atoms with Crippen LogP contribution in [-0.4, -0.2) is 18.4 Å². The van der Waals surface area contributed by atoms with Crippen LogP contribution in [0.5, 0.6) is 5.75 Å². The number of carbonyl (C=O) groups is 2. The molecule has 0 bridgehead atoms. The lowest BCUT2D eigenvalue weighted by molar-refractivity contribution is -0.134. The molecule has 1 aliphatic carbocycles. The van der Waals surface area contributed by atoms with Crippen molar-refractivity contribution in [3.63, 3.8) is 0 Å². The molecule has 2 aromatic carbocycles. The molecule has 0 spiro atoms. The van der Waals surface area contributed by atoms with Gasteiger partial charge in [0.05, 0.1) is 6.61 Å². The van der Waals surface area contributed by atoms with Gasteiger partial charge in [-0.25, -0.2) is 4.39 Å². The standard InChI is InChI=1S/C20H21FN2O3/c1-2-26-17-9-7-16(8-10-17)23-19(25)20(11-12-20)18(24)22-13-14-3-5-15(21)6-4-14/h3-10H,2,11-13H2,1H3,(H,22,24)(H,23,25). The first-order chi connectivity index (χ1) is 12.5. The van der Waals surface area contributed by atoms with Gasteiger partial charge < -0.3 is 15.4 Å². The molecule has 0 aliphatic heterocycles. The minimum absolute atomic E-state index is 0.261. The van der Waals surface area contributed by atoms with Crippen molar-refractivity contribution in [2.45, 2.75) is 26.3 Å². The van der Waals surface area contributed by atoms with Crippen LogP contribution in [0.2, 0.25) is 0 Å². The summed E-state index contributed by atoms with van der Waals surface area (Å²) in [4.78, 5) is 25.0. The molecule has 0 unspecified atom stereocenters. The highest BCUT2D eigenvalue weighted by atomic mass is 19.1. The first-order valence-electron chi connectivity index (χ1n) is 8.60. The number of hydrogen-bond donors (Lipinski definition) is 2. The molecule has 1 aliphatic rings. The van der Waals surface area contributed by atoms with Gasteiger partial charge in [0, 0.05) is 12.2 Å². The molecule has 2 amide bonds. The average Bonchev–Trinajstić information content (AvgIpc) is 3.45. The van der Waals surface area contributed by atoms with Crippen molar-refractivity contribution in [2.24, 2.45) is 5.41 Å². The maximum Gasteiger partial charge on any atom is 0.240 e. The number of benzene rings is 2. The van der Waals surface area contributed by atoms with Gasteiger partial charge in [0.1, 0.15) is 17.0 Å². The molecule has 0 radical (unpaired) electrons. The number of amides is 2. The smallest absolute Gasteiger partial charge is 0.240 e. The van der Waals surface area contributed by atoms with E-state index >= 15 is 0 Å². The molecule has 1 fully saturated rings. The van der Waals surface area contributed by atoms with E-state index in [1.54, 1.807) is 36.4 Å². The number of carbonyl (C=O) groups excluding carboxylic acids is 2. The normalized spacial score (nSPS) is 14.4. The summed E-state index contributed by atoms with van der Waals surface area (Å²) < 4.78 is 18.3. The zero-order valence-corrected chi connectivity index (χ0v) is 14.5. The zero-order chi connectivity index (χ0) is 18.6. The number of hydrogen-bond acceptors (Lipinski definition) is 3. The lowest BCUT2D eigenvalue weighted by atomic mass is 10.0. The second-order valence-corrected chi connectivity index (χ2v) is 6.30. The topological polar surface area (TPSA) is 67.4 Å². The maximum absolute atomic E-state index is 12.9. The highest BCUT2D eigenvalue weighted by Gasteiger charge is 2.56. The van der Waals surface area contributed by atoms with Gasteiger partial charge in [-0.15, -0.1) is 0 Å². The Balaban J connectivity index is 1.57. The lowest BCUT2D eigenvalue weighted by Gasteiger charge is -2.16. The van der Waals surface area contributed by atoms with E-state index in [-0.39, 0.29) is 24.2 Å². The van der Waals surface area contributed by atoms with Gasteiger partial charge in [-0.1, -0.05) is 12.1 Å². The summed E-state index contributed by atoms with van der Waals surface area (Å²) in [7, 11) is 0. The number of ether oxygens (including phenoxy) is 1. The summed E-state index contributed by atoms with van der Waals surface area (Å²) in [6, 6.07) is 12.9. The number of nitrogens with one attached hydrogen (secondary N) is 2. The van der Waals surface area contributed by atoms with E-state index in [0.29, 0.717) is 25.1 Å². The first kappa shape index (κ1) is 17.9. The van der Waals surface area contributed by atoms with E-state index in [4.69, 9.17) is 4.74 Å². The fraction of sp³-hybridized carbons (Fsp3) is 0.300. The van der Waals surface area contributed by atoms with Crippen LogP contribution < -0.4 is 15.4 Å². The molecule has 26 heavy (non-hydrogen) atoms. The van der Waals surface area contributed by atoms with Crippen LogP contribution in [0.1, 0.15) is 25.3 Å². The third-order valence-electron chi connectivity index (χ3n) is 4.41. The van der Waals surface area contributed by atoms with Crippen molar-refractivity contribution in [1.29, 1.82) is 0 Å². The Morgan fingerprint density at radius 1 is 1.04 bits per heavy atom. The largest absolute Gasteiger partial charge is 0.494 e. The van der Waals surface area contributed by atoms with Crippen LogP contribution in [0.25, 0.3) is 0 Å². The monoisotopic (exact) mass is 356 g/mol. The highest BCUT2D eigenvalue weighted by molar-refractivity contribution is 6.13. The van der Waals surface area contributed by atoms with Crippen LogP contribution in [0.15, 0.2) is 48.5 Å². The van der Waals surface area contributed by atoms with Crippen molar-refractivity contribution < 1.29 is 18.7 Å². The SMILES string of the molecule is CCOc1ccc(NC(=O)C2(C(=O)NCc3ccc(F)cc3)CC2)cc1. The molecule has 1 saturated carbocycles. The summed E-state index contributed by atoms with van der Waals surface area (Å²) in [5.41, 5.74) is 0.386. The van der Waals surface area contributed by atoms with E-state index in [2.05, 4.69) is 10.6 Å². The molecular weight excluding hydrogens is 335 g/mol. The molecule has 0 aromatic heterocycles. The van der Waals surface area contributed by atoms with Gasteiger partial charge in [-0.2, -0.15) is 0 Å². The number of rotatable bonds is 7. The van der Waals surface area contributed by atoms with Crippen LogP contribution in [0.3, 0.4) is 0 Å².